The first-order valence-electron chi connectivity index (χ1n) is 6.83. The normalized spacial score (nSPS) is 9.86. The van der Waals surface area contributed by atoms with E-state index in [0.717, 1.165) is 6.42 Å². The van der Waals surface area contributed by atoms with Gasteiger partial charge in [-0.1, -0.05) is 13.0 Å². The molecule has 0 bridgehead atoms. The lowest BCUT2D eigenvalue weighted by Gasteiger charge is -2.06. The molecule has 0 aliphatic rings. The van der Waals surface area contributed by atoms with E-state index in [0.29, 0.717) is 11.4 Å². The average molecular weight is 326 g/mol. The molecule has 0 saturated heterocycles. The molecule has 2 N–H and O–H groups in total. The van der Waals surface area contributed by atoms with Gasteiger partial charge in [0.05, 0.1) is 11.3 Å². The lowest BCUT2D eigenvalue weighted by molar-refractivity contribution is -0.148. The Labute approximate surface area is 132 Å². The third-order valence-electron chi connectivity index (χ3n) is 2.50. The molecule has 1 heterocycles. The number of nitrogens with one attached hydrogen (secondary N) is 2. The van der Waals surface area contributed by atoms with Gasteiger partial charge in [-0.3, -0.25) is 19.7 Å². The molecule has 1 aromatic heterocycles. The molecular formula is C14H18N2O5S. The van der Waals surface area contributed by atoms with Crippen molar-refractivity contribution in [1.82, 2.24) is 10.6 Å². The summed E-state index contributed by atoms with van der Waals surface area (Å²) >= 11 is 1.30. The number of ether oxygens (including phenoxy) is 1. The van der Waals surface area contributed by atoms with Gasteiger partial charge in [0, 0.05) is 13.0 Å². The fourth-order valence-electron chi connectivity index (χ4n) is 1.44. The molecule has 22 heavy (non-hydrogen) atoms. The Kier molecular flexibility index (Phi) is 7.84. The minimum atomic E-state index is -0.716. The highest BCUT2D eigenvalue weighted by atomic mass is 32.1. The van der Waals surface area contributed by atoms with Crippen LogP contribution in [0.5, 0.6) is 0 Å². The smallest absolute Gasteiger partial charge is 0.321 e. The summed E-state index contributed by atoms with van der Waals surface area (Å²) in [5.74, 6) is -1.52. The van der Waals surface area contributed by atoms with Gasteiger partial charge in [0.1, 0.15) is 0 Å². The maximum Gasteiger partial charge on any atom is 0.321 e. The molecule has 1 rings (SSSR count). The van der Waals surface area contributed by atoms with E-state index in [-0.39, 0.29) is 18.6 Å². The van der Waals surface area contributed by atoms with E-state index < -0.39 is 24.5 Å². The number of hydrogen-bond acceptors (Lipinski definition) is 6. The van der Waals surface area contributed by atoms with Crippen LogP contribution in [-0.4, -0.2) is 36.8 Å². The molecule has 0 fully saturated rings. The molecule has 0 spiro atoms. The largest absolute Gasteiger partial charge is 0.456 e. The number of carbonyl (C=O) groups is 4. The van der Waals surface area contributed by atoms with Crippen LogP contribution in [-0.2, 0) is 14.3 Å². The van der Waals surface area contributed by atoms with E-state index in [4.69, 9.17) is 4.74 Å². The third kappa shape index (κ3) is 6.98. The number of imide groups is 1. The Hall–Kier alpha value is -2.22. The van der Waals surface area contributed by atoms with E-state index in [9.17, 15) is 19.2 Å². The highest BCUT2D eigenvalue weighted by Gasteiger charge is 2.13. The second kappa shape index (κ2) is 9.67. The van der Waals surface area contributed by atoms with Crippen LogP contribution in [0.2, 0.25) is 0 Å². The fraction of sp³-hybridized carbons (Fsp3) is 0.429. The summed E-state index contributed by atoms with van der Waals surface area (Å²) in [6.45, 7) is 1.77. The third-order valence-corrected chi connectivity index (χ3v) is 3.42. The zero-order valence-electron chi connectivity index (χ0n) is 12.2. The number of urea groups is 1. The number of carbonyl (C=O) groups excluding carboxylic acids is 4. The second-order valence-electron chi connectivity index (χ2n) is 4.37. The molecule has 0 saturated carbocycles. The van der Waals surface area contributed by atoms with E-state index >= 15 is 0 Å². The Morgan fingerprint density at radius 1 is 1.23 bits per heavy atom. The van der Waals surface area contributed by atoms with Crippen LogP contribution >= 0.6 is 11.3 Å². The lowest BCUT2D eigenvalue weighted by Crippen LogP contribution is -2.41. The number of Topliss-reactive ketones (excluding diaryl/α,β-unsaturated/α-hetero) is 1. The van der Waals surface area contributed by atoms with Gasteiger partial charge in [-0.25, -0.2) is 4.79 Å². The first-order chi connectivity index (χ1) is 10.5. The van der Waals surface area contributed by atoms with Gasteiger partial charge in [-0.2, -0.15) is 0 Å². The fourth-order valence-corrected chi connectivity index (χ4v) is 2.13. The molecule has 3 amide bonds. The number of rotatable bonds is 8. The highest BCUT2D eigenvalue weighted by Crippen LogP contribution is 2.12. The van der Waals surface area contributed by atoms with Crippen molar-refractivity contribution >= 4 is 35.0 Å². The molecular weight excluding hydrogens is 308 g/mol. The number of hydrogen-bond donors (Lipinski definition) is 2. The van der Waals surface area contributed by atoms with Crippen molar-refractivity contribution in [2.45, 2.75) is 26.2 Å². The van der Waals surface area contributed by atoms with E-state index in [1.165, 1.54) is 11.3 Å². The zero-order valence-corrected chi connectivity index (χ0v) is 13.0. The first-order valence-corrected chi connectivity index (χ1v) is 7.71. The minimum Gasteiger partial charge on any atom is -0.456 e. The molecule has 1 aromatic rings. The van der Waals surface area contributed by atoms with Crippen LogP contribution in [0, 0.1) is 0 Å². The highest BCUT2D eigenvalue weighted by molar-refractivity contribution is 7.12. The van der Waals surface area contributed by atoms with Gasteiger partial charge in [0.25, 0.3) is 5.91 Å². The van der Waals surface area contributed by atoms with Crippen molar-refractivity contribution in [2.75, 3.05) is 13.2 Å². The second-order valence-corrected chi connectivity index (χ2v) is 5.31. The number of amides is 3. The van der Waals surface area contributed by atoms with Crippen LogP contribution < -0.4 is 10.6 Å². The monoisotopic (exact) mass is 326 g/mol. The van der Waals surface area contributed by atoms with Gasteiger partial charge in [0.15, 0.2) is 12.4 Å². The number of esters is 1. The van der Waals surface area contributed by atoms with E-state index in [1.807, 2.05) is 12.2 Å². The van der Waals surface area contributed by atoms with Gasteiger partial charge in [-0.05, 0) is 17.9 Å². The zero-order chi connectivity index (χ0) is 16.4. The molecule has 7 nitrogen and oxygen atoms in total. The molecule has 0 radical (unpaired) electrons. The summed E-state index contributed by atoms with van der Waals surface area (Å²) in [7, 11) is 0. The van der Waals surface area contributed by atoms with Crippen molar-refractivity contribution in [1.29, 1.82) is 0 Å². The van der Waals surface area contributed by atoms with Crippen molar-refractivity contribution < 1.29 is 23.9 Å². The maximum absolute atomic E-state index is 11.7. The molecule has 0 aliphatic carbocycles. The van der Waals surface area contributed by atoms with Gasteiger partial charge in [-0.15, -0.1) is 11.3 Å². The molecule has 0 aliphatic heterocycles. The predicted octanol–water partition coefficient (Wildman–Crippen LogP) is 1.49. The molecule has 0 atom stereocenters. The summed E-state index contributed by atoms with van der Waals surface area (Å²) < 4.78 is 4.70. The van der Waals surface area contributed by atoms with Crippen LogP contribution in [0.15, 0.2) is 17.5 Å². The molecule has 0 aromatic carbocycles. The van der Waals surface area contributed by atoms with Crippen molar-refractivity contribution in [3.05, 3.63) is 22.4 Å². The summed E-state index contributed by atoms with van der Waals surface area (Å²) in [5.41, 5.74) is 0. The Morgan fingerprint density at radius 2 is 2.00 bits per heavy atom. The van der Waals surface area contributed by atoms with Crippen LogP contribution in [0.4, 0.5) is 4.79 Å². The first kappa shape index (κ1) is 17.8. The van der Waals surface area contributed by atoms with Gasteiger partial charge < -0.3 is 10.1 Å². The quantitative estimate of drug-likeness (QED) is 0.557. The Morgan fingerprint density at radius 3 is 2.64 bits per heavy atom. The number of ketones is 1. The SMILES string of the molecule is CCCNC(=O)NC(=O)COC(=O)CCC(=O)c1cccs1. The van der Waals surface area contributed by atoms with Crippen LogP contribution in [0.3, 0.4) is 0 Å². The molecule has 120 valence electrons. The van der Waals surface area contributed by atoms with E-state index in [2.05, 4.69) is 5.32 Å². The predicted molar refractivity (Wildman–Crippen MR) is 80.7 cm³/mol. The van der Waals surface area contributed by atoms with Crippen LogP contribution in [0.1, 0.15) is 35.9 Å². The minimum absolute atomic E-state index is 0.0257. The van der Waals surface area contributed by atoms with Gasteiger partial charge >= 0.3 is 12.0 Å². The van der Waals surface area contributed by atoms with E-state index in [1.54, 1.807) is 17.5 Å². The summed E-state index contributed by atoms with van der Waals surface area (Å²) in [6.07, 6.45) is 0.666. The summed E-state index contributed by atoms with van der Waals surface area (Å²) in [6, 6.07) is 2.81. The molecule has 8 heteroatoms. The van der Waals surface area contributed by atoms with Crippen molar-refractivity contribution in [2.24, 2.45) is 0 Å². The topological polar surface area (TPSA) is 102 Å². The summed E-state index contributed by atoms with van der Waals surface area (Å²) in [4.78, 5) is 46.2. The Bertz CT molecular complexity index is 527. The van der Waals surface area contributed by atoms with Crippen LogP contribution in [0.25, 0.3) is 0 Å². The Balaban J connectivity index is 2.18. The van der Waals surface area contributed by atoms with Gasteiger partial charge in [0.2, 0.25) is 0 Å². The summed E-state index contributed by atoms with van der Waals surface area (Å²) in [5, 5.41) is 6.25. The molecule has 0 unspecified atom stereocenters. The standard InChI is InChI=1S/C14H18N2O5S/c1-2-7-15-14(20)16-12(18)9-21-13(19)6-5-10(17)11-4-3-8-22-11/h3-4,8H,2,5-7,9H2,1H3,(H2,15,16,18,20). The average Bonchev–Trinajstić information content (AvgIpc) is 3.02. The maximum atomic E-state index is 11.7. The number of thiophene rings is 1. The van der Waals surface area contributed by atoms with Crippen molar-refractivity contribution in [3.8, 4) is 0 Å². The lowest BCUT2D eigenvalue weighted by atomic mass is 10.2. The van der Waals surface area contributed by atoms with Crippen molar-refractivity contribution in [3.63, 3.8) is 0 Å².